The molecule has 0 saturated heterocycles. The van der Waals surface area contributed by atoms with Crippen LogP contribution in [0, 0.1) is 12.7 Å². The Hall–Kier alpha value is -2.11. The monoisotopic (exact) mass is 269 g/mol. The Kier molecular flexibility index (Phi) is 5.29. The van der Waals surface area contributed by atoms with E-state index in [2.05, 4.69) is 10.1 Å². The fraction of sp³-hybridized carbons (Fsp3) is 0.385. The molecule has 1 rings (SSSR count). The van der Waals surface area contributed by atoms with E-state index >= 15 is 0 Å². The molecule has 0 saturated carbocycles. The number of hydrogen-bond donors (Lipinski definition) is 1. The number of amides is 1. The molecule has 0 heterocycles. The van der Waals surface area contributed by atoms with Crippen molar-refractivity contribution in [2.24, 2.45) is 0 Å². The van der Waals surface area contributed by atoms with Crippen molar-refractivity contribution in [3.63, 3.8) is 0 Å². The number of carbonyl (C=O) groups is 2. The van der Waals surface area contributed by atoms with Gasteiger partial charge in [0, 0.05) is 6.92 Å². The van der Waals surface area contributed by atoms with Crippen LogP contribution in [0.4, 0.5) is 4.39 Å². The number of hydrogen-bond acceptors (Lipinski definition) is 4. The molecule has 0 aliphatic rings. The molecule has 6 heteroatoms. The maximum absolute atomic E-state index is 13.4. The van der Waals surface area contributed by atoms with Crippen LogP contribution in [0.3, 0.4) is 0 Å². The van der Waals surface area contributed by atoms with Gasteiger partial charge in [0.05, 0.1) is 7.11 Å². The van der Waals surface area contributed by atoms with Crippen molar-refractivity contribution in [1.29, 1.82) is 0 Å². The molecule has 1 unspecified atom stereocenters. The number of carbonyl (C=O) groups excluding carboxylic acids is 2. The van der Waals surface area contributed by atoms with Crippen LogP contribution in [0.1, 0.15) is 12.5 Å². The van der Waals surface area contributed by atoms with Gasteiger partial charge < -0.3 is 14.8 Å². The van der Waals surface area contributed by atoms with E-state index < -0.39 is 23.7 Å². The normalized spacial score (nSPS) is 11.6. The topological polar surface area (TPSA) is 64.6 Å². The molecular weight excluding hydrogens is 253 g/mol. The summed E-state index contributed by atoms with van der Waals surface area (Å²) in [6.45, 7) is 2.85. The van der Waals surface area contributed by atoms with Crippen molar-refractivity contribution >= 4 is 11.9 Å². The standard InChI is InChI=1S/C13H16FNO4/c1-8-4-5-10(14)12(6-8)19-7-11(13(17)18-3)15-9(2)16/h4-6,11H,7H2,1-3H3,(H,15,16). The molecule has 0 aliphatic carbocycles. The number of esters is 1. The summed E-state index contributed by atoms with van der Waals surface area (Å²) in [5.41, 5.74) is 0.825. The highest BCUT2D eigenvalue weighted by molar-refractivity contribution is 5.83. The SMILES string of the molecule is COC(=O)C(COc1cc(C)ccc1F)NC(C)=O. The first-order valence-electron chi connectivity index (χ1n) is 5.68. The van der Waals surface area contributed by atoms with Crippen molar-refractivity contribution < 1.29 is 23.5 Å². The van der Waals surface area contributed by atoms with Gasteiger partial charge in [-0.15, -0.1) is 0 Å². The van der Waals surface area contributed by atoms with E-state index in [4.69, 9.17) is 4.74 Å². The summed E-state index contributed by atoms with van der Waals surface area (Å²) < 4.78 is 23.2. The van der Waals surface area contributed by atoms with Crippen molar-refractivity contribution in [1.82, 2.24) is 5.32 Å². The average molecular weight is 269 g/mol. The van der Waals surface area contributed by atoms with E-state index in [1.807, 2.05) is 0 Å². The Morgan fingerprint density at radius 2 is 2.11 bits per heavy atom. The predicted octanol–water partition coefficient (Wildman–Crippen LogP) is 1.19. The lowest BCUT2D eigenvalue weighted by Crippen LogP contribution is -2.44. The summed E-state index contributed by atoms with van der Waals surface area (Å²) in [4.78, 5) is 22.4. The molecule has 0 aromatic heterocycles. The molecule has 0 bridgehead atoms. The van der Waals surface area contributed by atoms with Crippen molar-refractivity contribution in [3.8, 4) is 5.75 Å². The van der Waals surface area contributed by atoms with Gasteiger partial charge in [-0.1, -0.05) is 6.07 Å². The van der Waals surface area contributed by atoms with Gasteiger partial charge >= 0.3 is 5.97 Å². The molecule has 19 heavy (non-hydrogen) atoms. The van der Waals surface area contributed by atoms with Crippen molar-refractivity contribution in [2.75, 3.05) is 13.7 Å². The summed E-state index contributed by atoms with van der Waals surface area (Å²) in [5.74, 6) is -1.55. The van der Waals surface area contributed by atoms with E-state index in [1.165, 1.54) is 26.2 Å². The maximum Gasteiger partial charge on any atom is 0.331 e. The fourth-order valence-corrected chi connectivity index (χ4v) is 1.45. The molecule has 1 aromatic carbocycles. The minimum Gasteiger partial charge on any atom is -0.488 e. The van der Waals surface area contributed by atoms with Gasteiger partial charge in [0.2, 0.25) is 5.91 Å². The highest BCUT2D eigenvalue weighted by atomic mass is 19.1. The fourth-order valence-electron chi connectivity index (χ4n) is 1.45. The summed E-state index contributed by atoms with van der Waals surface area (Å²) in [6.07, 6.45) is 0. The Labute approximate surface area is 110 Å². The maximum atomic E-state index is 13.4. The first-order chi connectivity index (χ1) is 8.93. The molecule has 1 aromatic rings. The van der Waals surface area contributed by atoms with E-state index in [-0.39, 0.29) is 12.4 Å². The summed E-state index contributed by atoms with van der Waals surface area (Å²) in [6, 6.07) is 3.42. The lowest BCUT2D eigenvalue weighted by molar-refractivity contribution is -0.145. The summed E-state index contributed by atoms with van der Waals surface area (Å²) in [5, 5.41) is 2.37. The van der Waals surface area contributed by atoms with E-state index in [0.29, 0.717) is 0 Å². The third kappa shape index (κ3) is 4.57. The van der Waals surface area contributed by atoms with Crippen LogP contribution in [0.15, 0.2) is 18.2 Å². The quantitative estimate of drug-likeness (QED) is 0.815. The van der Waals surface area contributed by atoms with Gasteiger partial charge in [0.15, 0.2) is 17.6 Å². The molecule has 1 N–H and O–H groups in total. The van der Waals surface area contributed by atoms with Crippen LogP contribution in [-0.4, -0.2) is 31.6 Å². The lowest BCUT2D eigenvalue weighted by atomic mass is 10.2. The van der Waals surface area contributed by atoms with Gasteiger partial charge in [-0.25, -0.2) is 9.18 Å². The molecule has 0 fully saturated rings. The smallest absolute Gasteiger partial charge is 0.331 e. The van der Waals surface area contributed by atoms with Crippen molar-refractivity contribution in [2.45, 2.75) is 19.9 Å². The third-order valence-electron chi connectivity index (χ3n) is 2.36. The van der Waals surface area contributed by atoms with Crippen LogP contribution >= 0.6 is 0 Å². The molecule has 1 atom stereocenters. The molecule has 1 amide bonds. The van der Waals surface area contributed by atoms with E-state index in [0.717, 1.165) is 5.56 Å². The van der Waals surface area contributed by atoms with Gasteiger partial charge in [-0.2, -0.15) is 0 Å². The zero-order valence-electron chi connectivity index (χ0n) is 11.0. The number of rotatable bonds is 5. The minimum atomic E-state index is -0.970. The van der Waals surface area contributed by atoms with Gasteiger partial charge in [-0.3, -0.25) is 4.79 Å². The molecule has 0 spiro atoms. The second-order valence-corrected chi connectivity index (χ2v) is 4.02. The Morgan fingerprint density at radius 1 is 1.42 bits per heavy atom. The number of benzene rings is 1. The lowest BCUT2D eigenvalue weighted by Gasteiger charge is -2.16. The van der Waals surface area contributed by atoms with Gasteiger partial charge in [-0.05, 0) is 24.6 Å². The molecule has 5 nitrogen and oxygen atoms in total. The molecule has 0 radical (unpaired) electrons. The first kappa shape index (κ1) is 14.9. The predicted molar refractivity (Wildman–Crippen MR) is 66.3 cm³/mol. The largest absolute Gasteiger partial charge is 0.488 e. The number of aryl methyl sites for hydroxylation is 1. The highest BCUT2D eigenvalue weighted by Crippen LogP contribution is 2.18. The zero-order chi connectivity index (χ0) is 14.4. The Bertz CT molecular complexity index is 476. The number of nitrogens with one attached hydrogen (secondary N) is 1. The Balaban J connectivity index is 2.72. The first-order valence-corrected chi connectivity index (χ1v) is 5.68. The second kappa shape index (κ2) is 6.72. The van der Waals surface area contributed by atoms with E-state index in [1.54, 1.807) is 13.0 Å². The number of halogens is 1. The minimum absolute atomic E-state index is 0.0271. The van der Waals surface area contributed by atoms with E-state index in [9.17, 15) is 14.0 Å². The third-order valence-corrected chi connectivity index (χ3v) is 2.36. The summed E-state index contributed by atoms with van der Waals surface area (Å²) >= 11 is 0. The number of methoxy groups -OCH3 is 1. The summed E-state index contributed by atoms with van der Waals surface area (Å²) in [7, 11) is 1.20. The highest BCUT2D eigenvalue weighted by Gasteiger charge is 2.21. The van der Waals surface area contributed by atoms with Crippen LogP contribution in [-0.2, 0) is 14.3 Å². The second-order valence-electron chi connectivity index (χ2n) is 4.02. The van der Waals surface area contributed by atoms with Crippen LogP contribution in [0.2, 0.25) is 0 Å². The average Bonchev–Trinajstić information content (AvgIpc) is 2.36. The van der Waals surface area contributed by atoms with Gasteiger partial charge in [0.25, 0.3) is 0 Å². The Morgan fingerprint density at radius 3 is 2.68 bits per heavy atom. The van der Waals surface area contributed by atoms with Crippen LogP contribution < -0.4 is 10.1 Å². The van der Waals surface area contributed by atoms with Crippen LogP contribution in [0.25, 0.3) is 0 Å². The van der Waals surface area contributed by atoms with Crippen molar-refractivity contribution in [3.05, 3.63) is 29.6 Å². The molecular formula is C13H16FNO4. The molecule has 104 valence electrons. The molecule has 0 aliphatic heterocycles. The number of ether oxygens (including phenoxy) is 2. The van der Waals surface area contributed by atoms with Crippen LogP contribution in [0.5, 0.6) is 5.75 Å². The van der Waals surface area contributed by atoms with Gasteiger partial charge in [0.1, 0.15) is 6.61 Å². The zero-order valence-corrected chi connectivity index (χ0v) is 11.0.